The van der Waals surface area contributed by atoms with E-state index in [0.717, 1.165) is 5.56 Å². The molecule has 1 aliphatic carbocycles. The molecule has 0 bridgehead atoms. The smallest absolute Gasteiger partial charge is 0.258 e. The normalized spacial score (nSPS) is 20.2. The lowest BCUT2D eigenvalue weighted by atomic mass is 9.68. The minimum Gasteiger partial charge on any atom is -0.337 e. The summed E-state index contributed by atoms with van der Waals surface area (Å²) in [5.74, 6) is 0.0110. The van der Waals surface area contributed by atoms with E-state index in [4.69, 9.17) is 4.52 Å². The van der Waals surface area contributed by atoms with E-state index in [2.05, 4.69) is 26.8 Å². The predicted octanol–water partition coefficient (Wildman–Crippen LogP) is 4.26. The molecule has 31 heavy (non-hydrogen) atoms. The number of aliphatic imine (C=N–C) groups is 1. The number of hydrogen-bond donors (Lipinski definition) is 0. The number of pyridine rings is 1. The van der Waals surface area contributed by atoms with Gasteiger partial charge in [-0.15, -0.1) is 0 Å². The van der Waals surface area contributed by atoms with Crippen molar-refractivity contribution in [2.24, 2.45) is 4.99 Å². The summed E-state index contributed by atoms with van der Waals surface area (Å²) < 4.78 is 33.4. The van der Waals surface area contributed by atoms with E-state index >= 15 is 4.39 Å². The van der Waals surface area contributed by atoms with Crippen molar-refractivity contribution in [2.45, 2.75) is 37.9 Å². The SMILES string of the molecule is C=Nc1nccc(C)c1C(=O)N(C)Cc1nc(C2CC(F)(c3ccc(F)cc3)C2)no1. The van der Waals surface area contributed by atoms with Gasteiger partial charge in [-0.2, -0.15) is 4.98 Å². The summed E-state index contributed by atoms with van der Waals surface area (Å²) in [6, 6.07) is 7.14. The zero-order valence-corrected chi connectivity index (χ0v) is 17.2. The van der Waals surface area contributed by atoms with Crippen molar-refractivity contribution >= 4 is 18.4 Å². The molecule has 1 aliphatic rings. The molecular weight excluding hydrogens is 404 g/mol. The van der Waals surface area contributed by atoms with Crippen molar-refractivity contribution in [3.05, 3.63) is 70.8 Å². The van der Waals surface area contributed by atoms with Crippen molar-refractivity contribution < 1.29 is 18.1 Å². The predicted molar refractivity (Wildman–Crippen MR) is 109 cm³/mol. The monoisotopic (exact) mass is 425 g/mol. The van der Waals surface area contributed by atoms with Gasteiger partial charge in [0.1, 0.15) is 11.5 Å². The van der Waals surface area contributed by atoms with Crippen molar-refractivity contribution in [3.63, 3.8) is 0 Å². The molecule has 1 saturated carbocycles. The minimum atomic E-state index is -1.53. The van der Waals surface area contributed by atoms with Crippen molar-refractivity contribution in [1.29, 1.82) is 0 Å². The topological polar surface area (TPSA) is 84.5 Å². The number of alkyl halides is 1. The molecule has 0 radical (unpaired) electrons. The van der Waals surface area contributed by atoms with Gasteiger partial charge in [0, 0.05) is 19.2 Å². The standard InChI is InChI=1S/C22H21F2N5O2/c1-13-8-9-26-20(25-2)18(13)21(30)29(3)12-17-27-19(28-31-17)14-10-22(24,11-14)15-4-6-16(23)7-5-15/h4-9,14H,2,10-12H2,1,3H3. The Morgan fingerprint density at radius 2 is 2.03 bits per heavy atom. The van der Waals surface area contributed by atoms with Gasteiger partial charge in [0.05, 0.1) is 12.1 Å². The van der Waals surface area contributed by atoms with Crippen molar-refractivity contribution in [2.75, 3.05) is 7.05 Å². The molecule has 1 amide bonds. The number of benzene rings is 1. The third-order valence-electron chi connectivity index (χ3n) is 5.57. The van der Waals surface area contributed by atoms with Gasteiger partial charge in [-0.05, 0) is 55.8 Å². The molecular formula is C22H21F2N5O2. The molecule has 0 saturated heterocycles. The highest BCUT2D eigenvalue weighted by Gasteiger charge is 2.48. The van der Waals surface area contributed by atoms with Gasteiger partial charge < -0.3 is 9.42 Å². The lowest BCUT2D eigenvalue weighted by Crippen LogP contribution is -2.36. The molecule has 160 valence electrons. The van der Waals surface area contributed by atoms with Gasteiger partial charge in [-0.1, -0.05) is 17.3 Å². The minimum absolute atomic E-state index is 0.0855. The second kappa shape index (κ2) is 7.98. The largest absolute Gasteiger partial charge is 0.337 e. The zero-order valence-electron chi connectivity index (χ0n) is 17.2. The lowest BCUT2D eigenvalue weighted by molar-refractivity contribution is 0.0335. The van der Waals surface area contributed by atoms with Crippen LogP contribution in [0, 0.1) is 12.7 Å². The van der Waals surface area contributed by atoms with Crippen LogP contribution in [0.2, 0.25) is 0 Å². The zero-order chi connectivity index (χ0) is 22.2. The summed E-state index contributed by atoms with van der Waals surface area (Å²) in [7, 11) is 1.61. The van der Waals surface area contributed by atoms with Crippen LogP contribution in [0.5, 0.6) is 0 Å². The lowest BCUT2D eigenvalue weighted by Gasteiger charge is -2.40. The maximum absolute atomic E-state index is 15.0. The van der Waals surface area contributed by atoms with Crippen LogP contribution in [0.3, 0.4) is 0 Å². The number of carbonyl (C=O) groups excluding carboxylic acids is 1. The van der Waals surface area contributed by atoms with E-state index < -0.39 is 11.5 Å². The Morgan fingerprint density at radius 1 is 1.32 bits per heavy atom. The molecule has 4 rings (SSSR count). The van der Waals surface area contributed by atoms with E-state index in [1.54, 1.807) is 26.2 Å². The number of hydrogen-bond acceptors (Lipinski definition) is 6. The van der Waals surface area contributed by atoms with Crippen LogP contribution < -0.4 is 0 Å². The van der Waals surface area contributed by atoms with Gasteiger partial charge in [0.15, 0.2) is 11.6 Å². The fourth-order valence-corrected chi connectivity index (χ4v) is 3.78. The molecule has 2 heterocycles. The average molecular weight is 425 g/mol. The van der Waals surface area contributed by atoms with E-state index in [9.17, 15) is 9.18 Å². The van der Waals surface area contributed by atoms with E-state index in [-0.39, 0.29) is 42.9 Å². The van der Waals surface area contributed by atoms with Gasteiger partial charge in [-0.3, -0.25) is 4.79 Å². The molecule has 0 aliphatic heterocycles. The molecule has 1 aromatic carbocycles. The molecule has 7 nitrogen and oxygen atoms in total. The fraction of sp³-hybridized carbons (Fsp3) is 0.318. The summed E-state index contributed by atoms with van der Waals surface area (Å²) in [6.45, 7) is 5.34. The Kier molecular flexibility index (Phi) is 5.34. The first-order chi connectivity index (χ1) is 14.8. The van der Waals surface area contributed by atoms with Crippen LogP contribution in [0.4, 0.5) is 14.6 Å². The van der Waals surface area contributed by atoms with Crippen LogP contribution in [0.25, 0.3) is 0 Å². The highest BCUT2D eigenvalue weighted by molar-refractivity contribution is 5.99. The summed E-state index contributed by atoms with van der Waals surface area (Å²) in [5, 5.41) is 3.96. The fourth-order valence-electron chi connectivity index (χ4n) is 3.78. The Hall–Kier alpha value is -3.49. The maximum Gasteiger partial charge on any atom is 0.258 e. The van der Waals surface area contributed by atoms with Gasteiger partial charge in [0.2, 0.25) is 5.89 Å². The third kappa shape index (κ3) is 3.95. The van der Waals surface area contributed by atoms with Crippen LogP contribution in [-0.4, -0.2) is 39.7 Å². The first-order valence-electron chi connectivity index (χ1n) is 9.76. The van der Waals surface area contributed by atoms with E-state index in [0.29, 0.717) is 17.0 Å². The maximum atomic E-state index is 15.0. The molecule has 1 fully saturated rings. The highest BCUT2D eigenvalue weighted by atomic mass is 19.1. The number of halogens is 2. The van der Waals surface area contributed by atoms with E-state index in [1.165, 1.54) is 29.2 Å². The van der Waals surface area contributed by atoms with Crippen LogP contribution >= 0.6 is 0 Å². The van der Waals surface area contributed by atoms with Crippen molar-refractivity contribution in [3.8, 4) is 0 Å². The molecule has 2 aromatic heterocycles. The van der Waals surface area contributed by atoms with Gasteiger partial charge in [0.25, 0.3) is 5.91 Å². The first kappa shape index (κ1) is 20.8. The first-order valence-corrected chi connectivity index (χ1v) is 9.76. The average Bonchev–Trinajstić information content (AvgIpc) is 3.19. The van der Waals surface area contributed by atoms with Crippen LogP contribution in [0.1, 0.15) is 52.0 Å². The van der Waals surface area contributed by atoms with Gasteiger partial charge >= 0.3 is 0 Å². The number of aryl methyl sites for hydroxylation is 1. The summed E-state index contributed by atoms with van der Waals surface area (Å²) >= 11 is 0. The second-order valence-electron chi connectivity index (χ2n) is 7.77. The third-order valence-corrected chi connectivity index (χ3v) is 5.57. The summed E-state index contributed by atoms with van der Waals surface area (Å²) in [5.41, 5.74) is 0.00520. The Morgan fingerprint density at radius 3 is 2.71 bits per heavy atom. The number of carbonyl (C=O) groups is 1. The van der Waals surface area contributed by atoms with Crippen molar-refractivity contribution in [1.82, 2.24) is 20.0 Å². The van der Waals surface area contributed by atoms with Crippen LogP contribution in [-0.2, 0) is 12.2 Å². The second-order valence-corrected chi connectivity index (χ2v) is 7.77. The summed E-state index contributed by atoms with van der Waals surface area (Å²) in [4.78, 5) is 26.5. The molecule has 0 atom stereocenters. The van der Waals surface area contributed by atoms with Gasteiger partial charge in [-0.25, -0.2) is 18.8 Å². The molecule has 0 spiro atoms. The quantitative estimate of drug-likeness (QED) is 0.551. The summed E-state index contributed by atoms with van der Waals surface area (Å²) in [6.07, 6.45) is 1.95. The highest BCUT2D eigenvalue weighted by Crippen LogP contribution is 2.53. The molecule has 0 N–H and O–H groups in total. The molecule has 3 aromatic rings. The molecule has 0 unspecified atom stereocenters. The number of nitrogens with zero attached hydrogens (tertiary/aromatic N) is 5. The Bertz CT molecular complexity index is 1120. The number of aromatic nitrogens is 3. The Labute approximate surface area is 177 Å². The number of amides is 1. The number of rotatable bonds is 6. The molecule has 9 heteroatoms. The van der Waals surface area contributed by atoms with Crippen LogP contribution in [0.15, 0.2) is 46.0 Å². The van der Waals surface area contributed by atoms with E-state index in [1.807, 2.05) is 0 Å². The Balaban J connectivity index is 1.41.